The summed E-state index contributed by atoms with van der Waals surface area (Å²) in [7, 11) is 0. The Balaban J connectivity index is 1.68. The predicted molar refractivity (Wildman–Crippen MR) is 101 cm³/mol. The Labute approximate surface area is 159 Å². The molecule has 0 saturated carbocycles. The van der Waals surface area contributed by atoms with Gasteiger partial charge in [0.25, 0.3) is 0 Å². The summed E-state index contributed by atoms with van der Waals surface area (Å²) in [6.45, 7) is 0.938. The SMILES string of the molecule is O=C(O)c1cnc(NCc2cc(Br)ccc2OCc2ccccc2)cn1. The number of hydrogen-bond donors (Lipinski definition) is 2. The van der Waals surface area contributed by atoms with Crippen molar-refractivity contribution in [1.29, 1.82) is 0 Å². The average Bonchev–Trinajstić information content (AvgIpc) is 2.66. The minimum Gasteiger partial charge on any atom is -0.489 e. The van der Waals surface area contributed by atoms with Crippen LogP contribution in [0.25, 0.3) is 0 Å². The highest BCUT2D eigenvalue weighted by molar-refractivity contribution is 9.10. The van der Waals surface area contributed by atoms with Crippen molar-refractivity contribution in [2.45, 2.75) is 13.2 Å². The number of benzene rings is 2. The van der Waals surface area contributed by atoms with Crippen molar-refractivity contribution >= 4 is 27.7 Å². The Bertz CT molecular complexity index is 886. The maximum absolute atomic E-state index is 10.8. The van der Waals surface area contributed by atoms with E-state index in [4.69, 9.17) is 9.84 Å². The van der Waals surface area contributed by atoms with Gasteiger partial charge in [0.05, 0.1) is 12.4 Å². The third-order valence-electron chi connectivity index (χ3n) is 3.59. The molecular weight excluding hydrogens is 398 g/mol. The number of anilines is 1. The van der Waals surface area contributed by atoms with Gasteiger partial charge < -0.3 is 15.2 Å². The van der Waals surface area contributed by atoms with Crippen LogP contribution in [0.1, 0.15) is 21.6 Å². The zero-order chi connectivity index (χ0) is 18.4. The first-order valence-corrected chi connectivity index (χ1v) is 8.65. The molecule has 3 rings (SSSR count). The summed E-state index contributed by atoms with van der Waals surface area (Å²) in [5, 5.41) is 12.0. The van der Waals surface area contributed by atoms with Crippen molar-refractivity contribution in [2.24, 2.45) is 0 Å². The Hall–Kier alpha value is -2.93. The quantitative estimate of drug-likeness (QED) is 0.605. The highest BCUT2D eigenvalue weighted by atomic mass is 79.9. The first-order valence-electron chi connectivity index (χ1n) is 7.86. The first-order chi connectivity index (χ1) is 12.6. The number of carbonyl (C=O) groups is 1. The van der Waals surface area contributed by atoms with Crippen LogP contribution >= 0.6 is 15.9 Å². The molecular formula is C19H16BrN3O3. The number of halogens is 1. The maximum atomic E-state index is 10.8. The van der Waals surface area contributed by atoms with Crippen LogP contribution in [0.2, 0.25) is 0 Å². The number of rotatable bonds is 7. The minimum absolute atomic E-state index is 0.0927. The fourth-order valence-corrected chi connectivity index (χ4v) is 2.69. The molecule has 0 unspecified atom stereocenters. The zero-order valence-corrected chi connectivity index (χ0v) is 15.3. The van der Waals surface area contributed by atoms with Gasteiger partial charge in [0.1, 0.15) is 18.2 Å². The zero-order valence-electron chi connectivity index (χ0n) is 13.7. The second-order valence-electron chi connectivity index (χ2n) is 5.47. The van der Waals surface area contributed by atoms with Gasteiger partial charge in [-0.1, -0.05) is 46.3 Å². The molecule has 0 fully saturated rings. The largest absolute Gasteiger partial charge is 0.489 e. The number of carboxylic acid groups (broad SMARTS) is 1. The van der Waals surface area contributed by atoms with Crippen molar-refractivity contribution in [1.82, 2.24) is 9.97 Å². The molecule has 0 radical (unpaired) electrons. The number of nitrogens with one attached hydrogen (secondary N) is 1. The molecule has 0 aliphatic carbocycles. The molecule has 3 aromatic rings. The summed E-state index contributed by atoms with van der Waals surface area (Å²) in [6.07, 6.45) is 2.62. The highest BCUT2D eigenvalue weighted by Crippen LogP contribution is 2.25. The number of hydrogen-bond acceptors (Lipinski definition) is 5. The predicted octanol–water partition coefficient (Wildman–Crippen LogP) is 4.13. The van der Waals surface area contributed by atoms with Crippen LogP contribution in [-0.2, 0) is 13.2 Å². The molecule has 2 N–H and O–H groups in total. The van der Waals surface area contributed by atoms with E-state index in [-0.39, 0.29) is 5.69 Å². The maximum Gasteiger partial charge on any atom is 0.356 e. The average molecular weight is 414 g/mol. The molecule has 0 amide bonds. The Morgan fingerprint density at radius 1 is 1.12 bits per heavy atom. The van der Waals surface area contributed by atoms with Crippen LogP contribution in [0, 0.1) is 0 Å². The smallest absolute Gasteiger partial charge is 0.356 e. The van der Waals surface area contributed by atoms with E-state index < -0.39 is 5.97 Å². The lowest BCUT2D eigenvalue weighted by atomic mass is 10.2. The van der Waals surface area contributed by atoms with Crippen molar-refractivity contribution in [3.63, 3.8) is 0 Å². The summed E-state index contributed by atoms with van der Waals surface area (Å²) < 4.78 is 6.88. The van der Waals surface area contributed by atoms with Gasteiger partial charge in [0, 0.05) is 16.6 Å². The standard InChI is InChI=1S/C19H16BrN3O3/c20-15-6-7-17(26-12-13-4-2-1-3-5-13)14(8-15)9-22-18-11-21-16(10-23-18)19(24)25/h1-8,10-11H,9,12H2,(H,22,23)(H,24,25). The Morgan fingerprint density at radius 2 is 1.92 bits per heavy atom. The molecule has 0 atom stereocenters. The van der Waals surface area contributed by atoms with Crippen LogP contribution in [-0.4, -0.2) is 21.0 Å². The van der Waals surface area contributed by atoms with Gasteiger partial charge in [-0.15, -0.1) is 0 Å². The van der Waals surface area contributed by atoms with Gasteiger partial charge in [-0.25, -0.2) is 14.8 Å². The van der Waals surface area contributed by atoms with E-state index in [1.807, 2.05) is 48.5 Å². The fraction of sp³-hybridized carbons (Fsp3) is 0.105. The van der Waals surface area contributed by atoms with Crippen molar-refractivity contribution in [2.75, 3.05) is 5.32 Å². The summed E-state index contributed by atoms with van der Waals surface area (Å²) >= 11 is 3.47. The lowest BCUT2D eigenvalue weighted by Crippen LogP contribution is -2.07. The molecule has 2 aromatic carbocycles. The number of ether oxygens (including phenoxy) is 1. The fourth-order valence-electron chi connectivity index (χ4n) is 2.28. The minimum atomic E-state index is -1.10. The molecule has 7 heteroatoms. The van der Waals surface area contributed by atoms with Gasteiger partial charge in [-0.05, 0) is 23.8 Å². The van der Waals surface area contributed by atoms with Crippen LogP contribution in [0.3, 0.4) is 0 Å². The summed E-state index contributed by atoms with van der Waals surface area (Å²) in [5.74, 6) is 0.149. The lowest BCUT2D eigenvalue weighted by molar-refractivity contribution is 0.0690. The normalized spacial score (nSPS) is 10.3. The Kier molecular flexibility index (Phi) is 5.80. The lowest BCUT2D eigenvalue weighted by Gasteiger charge is -2.13. The molecule has 0 aliphatic heterocycles. The van der Waals surface area contributed by atoms with E-state index >= 15 is 0 Å². The van der Waals surface area contributed by atoms with Gasteiger partial charge >= 0.3 is 5.97 Å². The van der Waals surface area contributed by atoms with Crippen LogP contribution in [0.4, 0.5) is 5.82 Å². The van der Waals surface area contributed by atoms with Crippen molar-refractivity contribution in [3.8, 4) is 5.75 Å². The molecule has 1 aromatic heterocycles. The van der Waals surface area contributed by atoms with Crippen molar-refractivity contribution < 1.29 is 14.6 Å². The number of carboxylic acids is 1. The number of aromatic nitrogens is 2. The van der Waals surface area contributed by atoms with Gasteiger partial charge in [-0.3, -0.25) is 0 Å². The second kappa shape index (κ2) is 8.44. The summed E-state index contributed by atoms with van der Waals surface area (Å²) in [6, 6.07) is 15.7. The van der Waals surface area contributed by atoms with Gasteiger partial charge in [0.2, 0.25) is 0 Å². The molecule has 26 heavy (non-hydrogen) atoms. The van der Waals surface area contributed by atoms with Gasteiger partial charge in [0.15, 0.2) is 5.69 Å². The van der Waals surface area contributed by atoms with Gasteiger partial charge in [-0.2, -0.15) is 0 Å². The third-order valence-corrected chi connectivity index (χ3v) is 4.08. The molecule has 132 valence electrons. The highest BCUT2D eigenvalue weighted by Gasteiger charge is 2.08. The van der Waals surface area contributed by atoms with E-state index in [0.717, 1.165) is 21.3 Å². The van der Waals surface area contributed by atoms with Crippen LogP contribution in [0.15, 0.2) is 65.4 Å². The summed E-state index contributed by atoms with van der Waals surface area (Å²) in [4.78, 5) is 18.7. The molecule has 0 aliphatic rings. The van der Waals surface area contributed by atoms with E-state index in [2.05, 4.69) is 31.2 Å². The van der Waals surface area contributed by atoms with Crippen molar-refractivity contribution in [3.05, 3.63) is 82.2 Å². The monoisotopic (exact) mass is 413 g/mol. The van der Waals surface area contributed by atoms with E-state index in [0.29, 0.717) is 19.0 Å². The Morgan fingerprint density at radius 3 is 2.62 bits per heavy atom. The second-order valence-corrected chi connectivity index (χ2v) is 6.39. The topological polar surface area (TPSA) is 84.3 Å². The van der Waals surface area contributed by atoms with E-state index in [1.54, 1.807) is 0 Å². The number of nitrogens with zero attached hydrogens (tertiary/aromatic N) is 2. The van der Waals surface area contributed by atoms with E-state index in [1.165, 1.54) is 12.4 Å². The summed E-state index contributed by atoms with van der Waals surface area (Å²) in [5.41, 5.74) is 1.94. The number of aromatic carboxylic acids is 1. The molecule has 0 bridgehead atoms. The van der Waals surface area contributed by atoms with Crippen LogP contribution < -0.4 is 10.1 Å². The molecule has 0 spiro atoms. The molecule has 6 nitrogen and oxygen atoms in total. The molecule has 0 saturated heterocycles. The van der Waals surface area contributed by atoms with E-state index in [9.17, 15) is 4.79 Å². The van der Waals surface area contributed by atoms with Crippen LogP contribution in [0.5, 0.6) is 5.75 Å². The molecule has 1 heterocycles. The third kappa shape index (κ3) is 4.80. The first kappa shape index (κ1) is 17.9.